The van der Waals surface area contributed by atoms with Crippen molar-refractivity contribution in [3.8, 4) is 0 Å². The number of amides is 1. The van der Waals surface area contributed by atoms with Crippen molar-refractivity contribution in [3.63, 3.8) is 0 Å². The van der Waals surface area contributed by atoms with Crippen LogP contribution in [0.5, 0.6) is 0 Å². The van der Waals surface area contributed by atoms with Gasteiger partial charge in [-0.15, -0.1) is 0 Å². The van der Waals surface area contributed by atoms with E-state index in [1.54, 1.807) is 36.1 Å². The first-order valence-corrected chi connectivity index (χ1v) is 8.33. The van der Waals surface area contributed by atoms with Gasteiger partial charge in [0.05, 0.1) is 18.8 Å². The van der Waals surface area contributed by atoms with Crippen LogP contribution >= 0.6 is 0 Å². The molecule has 0 spiro atoms. The van der Waals surface area contributed by atoms with E-state index in [1.165, 1.54) is 11.0 Å². The molecule has 148 valence electrons. The van der Waals surface area contributed by atoms with Crippen LogP contribution in [0.3, 0.4) is 0 Å². The Labute approximate surface area is 154 Å². The van der Waals surface area contributed by atoms with Crippen molar-refractivity contribution in [2.45, 2.75) is 39.0 Å². The first-order valence-electron chi connectivity index (χ1n) is 8.33. The van der Waals surface area contributed by atoms with E-state index in [0.29, 0.717) is 24.2 Å². The van der Waals surface area contributed by atoms with Gasteiger partial charge in [-0.05, 0) is 30.7 Å². The Morgan fingerprint density at radius 2 is 2.07 bits per heavy atom. The van der Waals surface area contributed by atoms with Gasteiger partial charge in [-0.1, -0.05) is 12.1 Å². The number of carbonyl (C=O) groups excluding carboxylic acids is 1. The standard InChI is InChI=1S/C18H21F4N3O2/c1-3-25-15(7-8-23-25)10-24(2)16(26)14-6-4-5-13(9-14)11-27-12-18(21,22)17(19)20/h4-9,17H,3,10-12H2,1-2H3. The summed E-state index contributed by atoms with van der Waals surface area (Å²) in [6, 6.07) is 8.06. The summed E-state index contributed by atoms with van der Waals surface area (Å²) in [6.07, 6.45) is -2.12. The number of halogens is 4. The summed E-state index contributed by atoms with van der Waals surface area (Å²) in [4.78, 5) is 14.1. The molecule has 1 aromatic heterocycles. The van der Waals surface area contributed by atoms with Crippen LogP contribution in [0.15, 0.2) is 36.5 Å². The molecule has 2 aromatic rings. The molecule has 0 N–H and O–H groups in total. The smallest absolute Gasteiger partial charge is 0.330 e. The van der Waals surface area contributed by atoms with Crippen LogP contribution in [0.2, 0.25) is 0 Å². The summed E-state index contributed by atoms with van der Waals surface area (Å²) in [7, 11) is 1.64. The lowest BCUT2D eigenvalue weighted by atomic mass is 10.1. The molecule has 0 saturated carbocycles. The third kappa shape index (κ3) is 5.53. The number of hydrogen-bond donors (Lipinski definition) is 0. The van der Waals surface area contributed by atoms with Gasteiger partial charge in [-0.3, -0.25) is 9.48 Å². The molecular formula is C18H21F4N3O2. The molecule has 0 aliphatic rings. The van der Waals surface area contributed by atoms with E-state index < -0.39 is 19.0 Å². The summed E-state index contributed by atoms with van der Waals surface area (Å²) in [5, 5.41) is 4.15. The third-order valence-electron chi connectivity index (χ3n) is 3.91. The summed E-state index contributed by atoms with van der Waals surface area (Å²) < 4.78 is 56.4. The lowest BCUT2D eigenvalue weighted by molar-refractivity contribution is -0.168. The van der Waals surface area contributed by atoms with Crippen LogP contribution in [0.4, 0.5) is 17.6 Å². The van der Waals surface area contributed by atoms with Crippen molar-refractivity contribution in [1.82, 2.24) is 14.7 Å². The number of hydrogen-bond acceptors (Lipinski definition) is 3. The lowest BCUT2D eigenvalue weighted by Gasteiger charge is -2.18. The molecule has 9 heteroatoms. The molecular weight excluding hydrogens is 366 g/mol. The van der Waals surface area contributed by atoms with E-state index in [9.17, 15) is 22.4 Å². The van der Waals surface area contributed by atoms with Crippen LogP contribution < -0.4 is 0 Å². The van der Waals surface area contributed by atoms with Gasteiger partial charge in [-0.2, -0.15) is 13.9 Å². The van der Waals surface area contributed by atoms with Gasteiger partial charge in [0.15, 0.2) is 0 Å². The summed E-state index contributed by atoms with van der Waals surface area (Å²) >= 11 is 0. The van der Waals surface area contributed by atoms with Crippen LogP contribution in [0.1, 0.15) is 28.5 Å². The Hall–Kier alpha value is -2.42. The fourth-order valence-corrected chi connectivity index (χ4v) is 2.48. The molecule has 0 aliphatic heterocycles. The molecule has 27 heavy (non-hydrogen) atoms. The second-order valence-corrected chi connectivity index (χ2v) is 6.05. The van der Waals surface area contributed by atoms with Crippen molar-refractivity contribution in [2.24, 2.45) is 0 Å². The van der Waals surface area contributed by atoms with Gasteiger partial charge in [0.25, 0.3) is 5.91 Å². The van der Waals surface area contributed by atoms with Gasteiger partial charge >= 0.3 is 12.3 Å². The van der Waals surface area contributed by atoms with E-state index in [2.05, 4.69) is 5.10 Å². The summed E-state index contributed by atoms with van der Waals surface area (Å²) in [5.41, 5.74) is 1.67. The van der Waals surface area contributed by atoms with Gasteiger partial charge in [-0.25, -0.2) is 8.78 Å². The fourth-order valence-electron chi connectivity index (χ4n) is 2.48. The maximum absolute atomic E-state index is 12.9. The van der Waals surface area contributed by atoms with Crippen molar-refractivity contribution in [3.05, 3.63) is 53.3 Å². The highest BCUT2D eigenvalue weighted by Crippen LogP contribution is 2.23. The quantitative estimate of drug-likeness (QED) is 0.618. The minimum absolute atomic E-state index is 0.265. The molecule has 2 rings (SSSR count). The maximum Gasteiger partial charge on any atom is 0.330 e. The normalized spacial score (nSPS) is 11.8. The number of nitrogens with zero attached hydrogens (tertiary/aromatic N) is 3. The average Bonchev–Trinajstić information content (AvgIpc) is 3.08. The topological polar surface area (TPSA) is 47.4 Å². The number of rotatable bonds is 9. The number of ether oxygens (including phenoxy) is 1. The summed E-state index contributed by atoms with van der Waals surface area (Å²) in [5.74, 6) is -4.46. The highest BCUT2D eigenvalue weighted by Gasteiger charge is 2.40. The zero-order chi connectivity index (χ0) is 20.0. The lowest BCUT2D eigenvalue weighted by Crippen LogP contribution is -2.32. The van der Waals surface area contributed by atoms with Crippen LogP contribution in [-0.4, -0.2) is 46.6 Å². The third-order valence-corrected chi connectivity index (χ3v) is 3.91. The minimum Gasteiger partial charge on any atom is -0.370 e. The van der Waals surface area contributed by atoms with E-state index in [1.807, 2.05) is 13.0 Å². The molecule has 5 nitrogen and oxygen atoms in total. The second-order valence-electron chi connectivity index (χ2n) is 6.05. The molecule has 1 heterocycles. The zero-order valence-electron chi connectivity index (χ0n) is 15.0. The Morgan fingerprint density at radius 1 is 1.33 bits per heavy atom. The molecule has 1 aromatic carbocycles. The van der Waals surface area contributed by atoms with Gasteiger partial charge in [0.1, 0.15) is 6.61 Å². The molecule has 1 amide bonds. The number of benzene rings is 1. The fraction of sp³-hybridized carbons (Fsp3) is 0.444. The molecule has 0 atom stereocenters. The SMILES string of the molecule is CCn1nccc1CN(C)C(=O)c1cccc(COCC(F)(F)C(F)F)c1. The maximum atomic E-state index is 12.9. The predicted molar refractivity (Wildman–Crippen MR) is 90.7 cm³/mol. The Bertz CT molecular complexity index is 765. The summed E-state index contributed by atoms with van der Waals surface area (Å²) in [6.45, 7) is 1.30. The van der Waals surface area contributed by atoms with Gasteiger partial charge in [0.2, 0.25) is 0 Å². The van der Waals surface area contributed by atoms with E-state index in [-0.39, 0.29) is 12.5 Å². The van der Waals surface area contributed by atoms with Crippen LogP contribution in [-0.2, 0) is 24.4 Å². The number of aryl methyl sites for hydroxylation is 1. The highest BCUT2D eigenvalue weighted by atomic mass is 19.3. The van der Waals surface area contributed by atoms with Crippen molar-refractivity contribution in [1.29, 1.82) is 0 Å². The van der Waals surface area contributed by atoms with E-state index in [0.717, 1.165) is 5.69 Å². The Morgan fingerprint density at radius 3 is 2.74 bits per heavy atom. The first kappa shape index (κ1) is 20.9. The number of alkyl halides is 4. The van der Waals surface area contributed by atoms with Crippen molar-refractivity contribution < 1.29 is 27.1 Å². The molecule has 0 unspecified atom stereocenters. The second kappa shape index (κ2) is 8.98. The van der Waals surface area contributed by atoms with E-state index >= 15 is 0 Å². The monoisotopic (exact) mass is 387 g/mol. The van der Waals surface area contributed by atoms with Crippen molar-refractivity contribution in [2.75, 3.05) is 13.7 Å². The van der Waals surface area contributed by atoms with E-state index in [4.69, 9.17) is 4.74 Å². The Kier molecular flexibility index (Phi) is 6.95. The molecule has 0 fully saturated rings. The Balaban J connectivity index is 1.98. The van der Waals surface area contributed by atoms with Crippen molar-refractivity contribution >= 4 is 5.91 Å². The van der Waals surface area contributed by atoms with Crippen LogP contribution in [0, 0.1) is 0 Å². The predicted octanol–water partition coefficient (Wildman–Crippen LogP) is 3.59. The van der Waals surface area contributed by atoms with Gasteiger partial charge < -0.3 is 9.64 Å². The average molecular weight is 387 g/mol. The highest BCUT2D eigenvalue weighted by molar-refractivity contribution is 5.94. The number of carbonyl (C=O) groups is 1. The first-order chi connectivity index (χ1) is 12.7. The van der Waals surface area contributed by atoms with Crippen LogP contribution in [0.25, 0.3) is 0 Å². The minimum atomic E-state index is -4.20. The zero-order valence-corrected chi connectivity index (χ0v) is 15.0. The molecule has 0 bridgehead atoms. The molecule has 0 saturated heterocycles. The van der Waals surface area contributed by atoms with Gasteiger partial charge in [0, 0.05) is 25.4 Å². The molecule has 0 aliphatic carbocycles. The molecule has 0 radical (unpaired) electrons. The number of aromatic nitrogens is 2. The largest absolute Gasteiger partial charge is 0.370 e.